The lowest BCUT2D eigenvalue weighted by atomic mass is 10.0. The SMILES string of the molecule is NC(=S)NNCc1cn(-c2ccccc2)nc1-c1cc2c(ccc3ccccc32)oc1=O. The molecular formula is C24H19N5O2S. The van der Waals surface area contributed by atoms with Crippen molar-refractivity contribution in [3.8, 4) is 16.9 Å². The van der Waals surface area contributed by atoms with Crippen molar-refractivity contribution in [2.24, 2.45) is 5.73 Å². The molecule has 0 aliphatic heterocycles. The second-order valence-corrected chi connectivity index (χ2v) is 7.71. The van der Waals surface area contributed by atoms with Crippen LogP contribution in [-0.2, 0) is 6.54 Å². The first-order valence-corrected chi connectivity index (χ1v) is 10.4. The van der Waals surface area contributed by atoms with Crippen LogP contribution in [0.4, 0.5) is 0 Å². The van der Waals surface area contributed by atoms with Gasteiger partial charge in [-0.25, -0.2) is 14.9 Å². The van der Waals surface area contributed by atoms with Crippen molar-refractivity contribution >= 4 is 39.1 Å². The van der Waals surface area contributed by atoms with Gasteiger partial charge in [0, 0.05) is 23.7 Å². The topological polar surface area (TPSA) is 98.1 Å². The molecule has 3 aromatic carbocycles. The number of aromatic nitrogens is 2. The number of thiocarbonyl (C=S) groups is 1. The Kier molecular flexibility index (Phi) is 5.14. The summed E-state index contributed by atoms with van der Waals surface area (Å²) in [7, 11) is 0. The molecule has 7 nitrogen and oxygen atoms in total. The van der Waals surface area contributed by atoms with Crippen molar-refractivity contribution in [1.29, 1.82) is 0 Å². The van der Waals surface area contributed by atoms with Crippen molar-refractivity contribution in [3.05, 3.63) is 95.0 Å². The Labute approximate surface area is 188 Å². The fourth-order valence-corrected chi connectivity index (χ4v) is 3.81. The highest BCUT2D eigenvalue weighted by Gasteiger charge is 2.18. The van der Waals surface area contributed by atoms with Gasteiger partial charge in [0.25, 0.3) is 0 Å². The van der Waals surface area contributed by atoms with Crippen LogP contribution in [-0.4, -0.2) is 14.9 Å². The number of nitrogens with zero attached hydrogens (tertiary/aromatic N) is 2. The number of para-hydroxylation sites is 1. The number of rotatable bonds is 5. The molecule has 5 rings (SSSR count). The second kappa shape index (κ2) is 8.26. The molecule has 4 N–H and O–H groups in total. The molecule has 0 aliphatic rings. The molecule has 2 aromatic heterocycles. The first-order chi connectivity index (χ1) is 15.6. The summed E-state index contributed by atoms with van der Waals surface area (Å²) in [4.78, 5) is 13.0. The lowest BCUT2D eigenvalue weighted by molar-refractivity contribution is 0.563. The van der Waals surface area contributed by atoms with E-state index in [1.54, 1.807) is 4.68 Å². The number of fused-ring (bicyclic) bond motifs is 3. The summed E-state index contributed by atoms with van der Waals surface area (Å²) in [5.41, 5.74) is 13.8. The van der Waals surface area contributed by atoms with Crippen molar-refractivity contribution in [2.75, 3.05) is 0 Å². The normalized spacial score (nSPS) is 11.1. The van der Waals surface area contributed by atoms with E-state index >= 15 is 0 Å². The highest BCUT2D eigenvalue weighted by Crippen LogP contribution is 2.29. The molecule has 0 saturated carbocycles. The second-order valence-electron chi connectivity index (χ2n) is 7.27. The van der Waals surface area contributed by atoms with E-state index in [0.717, 1.165) is 27.4 Å². The fourth-order valence-electron chi connectivity index (χ4n) is 3.74. The lowest BCUT2D eigenvalue weighted by Crippen LogP contribution is -2.40. The Balaban J connectivity index is 1.69. The number of hydrazine groups is 1. The van der Waals surface area contributed by atoms with Gasteiger partial charge < -0.3 is 10.2 Å². The number of nitrogens with two attached hydrogens (primary N) is 1. The van der Waals surface area contributed by atoms with E-state index in [1.807, 2.05) is 79.0 Å². The first kappa shape index (κ1) is 19.9. The number of nitrogens with one attached hydrogen (secondary N) is 2. The molecule has 0 saturated heterocycles. The van der Waals surface area contributed by atoms with Gasteiger partial charge in [0.15, 0.2) is 5.11 Å². The van der Waals surface area contributed by atoms with Crippen molar-refractivity contribution < 1.29 is 4.42 Å². The van der Waals surface area contributed by atoms with Crippen molar-refractivity contribution in [3.63, 3.8) is 0 Å². The third-order valence-electron chi connectivity index (χ3n) is 5.20. The molecule has 0 amide bonds. The maximum absolute atomic E-state index is 13.0. The van der Waals surface area contributed by atoms with Crippen LogP contribution < -0.4 is 22.2 Å². The Bertz CT molecular complexity index is 1510. The first-order valence-electron chi connectivity index (χ1n) is 9.98. The van der Waals surface area contributed by atoms with E-state index in [9.17, 15) is 4.79 Å². The van der Waals surface area contributed by atoms with E-state index in [4.69, 9.17) is 27.5 Å². The summed E-state index contributed by atoms with van der Waals surface area (Å²) in [5, 5.41) is 7.77. The predicted molar refractivity (Wildman–Crippen MR) is 129 cm³/mol. The molecule has 0 spiro atoms. The van der Waals surface area contributed by atoms with Gasteiger partial charge in [-0.05, 0) is 47.3 Å². The number of hydrogen-bond acceptors (Lipinski definition) is 5. The van der Waals surface area contributed by atoms with Crippen molar-refractivity contribution in [1.82, 2.24) is 20.6 Å². The molecule has 158 valence electrons. The molecule has 32 heavy (non-hydrogen) atoms. The van der Waals surface area contributed by atoms with Gasteiger partial charge >= 0.3 is 5.63 Å². The zero-order valence-corrected chi connectivity index (χ0v) is 17.7. The minimum Gasteiger partial charge on any atom is -0.422 e. The highest BCUT2D eigenvalue weighted by atomic mass is 32.1. The molecule has 5 aromatic rings. The molecule has 2 heterocycles. The third-order valence-corrected chi connectivity index (χ3v) is 5.30. The summed E-state index contributed by atoms with van der Waals surface area (Å²) in [6.45, 7) is 0.340. The maximum atomic E-state index is 13.0. The summed E-state index contributed by atoms with van der Waals surface area (Å²) < 4.78 is 7.42. The Morgan fingerprint density at radius 2 is 1.81 bits per heavy atom. The van der Waals surface area contributed by atoms with Crippen LogP contribution >= 0.6 is 12.2 Å². The van der Waals surface area contributed by atoms with Crippen LogP contribution in [0.1, 0.15) is 5.56 Å². The molecule has 8 heteroatoms. The molecule has 0 unspecified atom stereocenters. The summed E-state index contributed by atoms with van der Waals surface area (Å²) in [5.74, 6) is 0. The van der Waals surface area contributed by atoms with E-state index < -0.39 is 5.63 Å². The fraction of sp³-hybridized carbons (Fsp3) is 0.0417. The Morgan fingerprint density at radius 3 is 2.62 bits per heavy atom. The van der Waals surface area contributed by atoms with Gasteiger partial charge in [0.05, 0.1) is 11.3 Å². The van der Waals surface area contributed by atoms with Crippen LogP contribution in [0.25, 0.3) is 38.7 Å². The summed E-state index contributed by atoms with van der Waals surface area (Å²) >= 11 is 4.86. The smallest absolute Gasteiger partial charge is 0.345 e. The minimum atomic E-state index is -0.449. The average molecular weight is 442 g/mol. The molecule has 0 bridgehead atoms. The Hall–Kier alpha value is -4.01. The van der Waals surface area contributed by atoms with Gasteiger partial charge in [-0.2, -0.15) is 5.10 Å². The maximum Gasteiger partial charge on any atom is 0.345 e. The van der Waals surface area contributed by atoms with Crippen LogP contribution in [0.3, 0.4) is 0 Å². The molecular weight excluding hydrogens is 422 g/mol. The molecule has 0 atom stereocenters. The largest absolute Gasteiger partial charge is 0.422 e. The van der Waals surface area contributed by atoms with Gasteiger partial charge in [-0.15, -0.1) is 0 Å². The molecule has 0 radical (unpaired) electrons. The van der Waals surface area contributed by atoms with E-state index in [1.165, 1.54) is 0 Å². The Morgan fingerprint density at radius 1 is 1.03 bits per heavy atom. The van der Waals surface area contributed by atoms with Gasteiger partial charge in [-0.3, -0.25) is 5.43 Å². The van der Waals surface area contributed by atoms with E-state index in [0.29, 0.717) is 23.4 Å². The van der Waals surface area contributed by atoms with Gasteiger partial charge in [0.2, 0.25) is 0 Å². The predicted octanol–water partition coefficient (Wildman–Crippen LogP) is 3.64. The van der Waals surface area contributed by atoms with Gasteiger partial charge in [0.1, 0.15) is 11.3 Å². The zero-order chi connectivity index (χ0) is 22.1. The quantitative estimate of drug-likeness (QED) is 0.166. The lowest BCUT2D eigenvalue weighted by Gasteiger charge is -2.07. The third kappa shape index (κ3) is 3.73. The van der Waals surface area contributed by atoms with Crippen LogP contribution in [0.5, 0.6) is 0 Å². The highest BCUT2D eigenvalue weighted by molar-refractivity contribution is 7.80. The van der Waals surface area contributed by atoms with Crippen LogP contribution in [0.15, 0.2) is 88.2 Å². The summed E-state index contributed by atoms with van der Waals surface area (Å²) in [6.07, 6.45) is 1.87. The number of benzene rings is 3. The van der Waals surface area contributed by atoms with E-state index in [-0.39, 0.29) is 5.11 Å². The van der Waals surface area contributed by atoms with Crippen LogP contribution in [0.2, 0.25) is 0 Å². The van der Waals surface area contributed by atoms with E-state index in [2.05, 4.69) is 10.9 Å². The van der Waals surface area contributed by atoms with Gasteiger partial charge in [-0.1, -0.05) is 48.5 Å². The summed E-state index contributed by atoms with van der Waals surface area (Å²) in [6, 6.07) is 23.3. The molecule has 0 aliphatic carbocycles. The minimum absolute atomic E-state index is 0.124. The van der Waals surface area contributed by atoms with Crippen molar-refractivity contribution in [2.45, 2.75) is 6.54 Å². The van der Waals surface area contributed by atoms with Crippen LogP contribution in [0, 0.1) is 0 Å². The average Bonchev–Trinajstić information content (AvgIpc) is 3.22. The molecule has 0 fully saturated rings. The standard InChI is InChI=1S/C24H19N5O2S/c25-24(32)27-26-13-16-14-29(17-7-2-1-3-8-17)28-22(16)20-12-19-18-9-5-4-6-15(18)10-11-21(19)31-23(20)30/h1-12,14,26H,13H2,(H3,25,27,32). The zero-order valence-electron chi connectivity index (χ0n) is 16.9. The number of hydrogen-bond donors (Lipinski definition) is 3. The monoisotopic (exact) mass is 441 g/mol.